The smallest absolute Gasteiger partial charge is 0.240 e. The molecule has 2 fully saturated rings. The second-order valence-corrected chi connectivity index (χ2v) is 5.62. The molecule has 0 saturated heterocycles. The number of carbonyl (C=O) groups excluding carboxylic acids is 2. The molecule has 0 heterocycles. The average Bonchev–Trinajstić information content (AvgIpc) is 3.30. The molecular formula is C14H22N4O2. The highest BCUT2D eigenvalue weighted by Gasteiger charge is 2.25. The van der Waals surface area contributed by atoms with Crippen LogP contribution in [0.3, 0.4) is 0 Å². The number of rotatable bonds is 7. The summed E-state index contributed by atoms with van der Waals surface area (Å²) in [6.07, 6.45) is 4.90. The molecule has 6 heteroatoms. The van der Waals surface area contributed by atoms with Crippen molar-refractivity contribution in [2.24, 2.45) is 22.0 Å². The van der Waals surface area contributed by atoms with Crippen LogP contribution in [0.1, 0.15) is 52.4 Å². The van der Waals surface area contributed by atoms with Crippen LogP contribution in [-0.2, 0) is 9.59 Å². The van der Waals surface area contributed by atoms with E-state index >= 15 is 0 Å². The Morgan fingerprint density at radius 2 is 1.20 bits per heavy atom. The van der Waals surface area contributed by atoms with Crippen LogP contribution in [0.4, 0.5) is 0 Å². The van der Waals surface area contributed by atoms with E-state index in [4.69, 9.17) is 0 Å². The van der Waals surface area contributed by atoms with Crippen LogP contribution >= 0.6 is 0 Å². The summed E-state index contributed by atoms with van der Waals surface area (Å²) in [6, 6.07) is 0. The van der Waals surface area contributed by atoms with Crippen molar-refractivity contribution in [3.8, 4) is 0 Å². The zero-order valence-corrected chi connectivity index (χ0v) is 12.1. The van der Waals surface area contributed by atoms with Gasteiger partial charge in [0.15, 0.2) is 0 Å². The summed E-state index contributed by atoms with van der Waals surface area (Å²) >= 11 is 0. The molecule has 6 nitrogen and oxygen atoms in total. The first-order chi connectivity index (χ1) is 9.56. The molecule has 2 aliphatic carbocycles. The van der Waals surface area contributed by atoms with Gasteiger partial charge < -0.3 is 0 Å². The Morgan fingerprint density at radius 1 is 0.850 bits per heavy atom. The molecular weight excluding hydrogens is 256 g/mol. The Morgan fingerprint density at radius 3 is 1.50 bits per heavy atom. The molecule has 0 unspecified atom stereocenters. The topological polar surface area (TPSA) is 82.9 Å². The van der Waals surface area contributed by atoms with Crippen molar-refractivity contribution < 1.29 is 9.59 Å². The molecule has 0 spiro atoms. The highest BCUT2D eigenvalue weighted by atomic mass is 16.2. The van der Waals surface area contributed by atoms with Gasteiger partial charge in [-0.05, 0) is 51.4 Å². The molecule has 110 valence electrons. The minimum absolute atomic E-state index is 0.130. The van der Waals surface area contributed by atoms with Gasteiger partial charge in [-0.15, -0.1) is 0 Å². The molecule has 0 aliphatic heterocycles. The number of hydrogen-bond acceptors (Lipinski definition) is 4. The summed E-state index contributed by atoms with van der Waals surface area (Å²) < 4.78 is 0. The first-order valence-electron chi connectivity index (χ1n) is 7.22. The largest absolute Gasteiger partial charge is 0.273 e. The summed E-state index contributed by atoms with van der Waals surface area (Å²) in [6.45, 7) is 3.83. The lowest BCUT2D eigenvalue weighted by molar-refractivity contribution is -0.126. The van der Waals surface area contributed by atoms with E-state index in [1.165, 1.54) is 0 Å². The molecule has 2 saturated carbocycles. The van der Waals surface area contributed by atoms with Crippen LogP contribution in [0.2, 0.25) is 0 Å². The lowest BCUT2D eigenvalue weighted by Crippen LogP contribution is -2.24. The zero-order valence-electron chi connectivity index (χ0n) is 12.1. The molecule has 2 N–H and O–H groups in total. The van der Waals surface area contributed by atoms with Crippen LogP contribution in [0.15, 0.2) is 10.2 Å². The molecule has 2 rings (SSSR count). The van der Waals surface area contributed by atoms with Gasteiger partial charge >= 0.3 is 0 Å². The maximum absolute atomic E-state index is 11.5. The van der Waals surface area contributed by atoms with Crippen molar-refractivity contribution in [2.45, 2.75) is 52.4 Å². The van der Waals surface area contributed by atoms with Gasteiger partial charge in [0.2, 0.25) is 11.8 Å². The van der Waals surface area contributed by atoms with Gasteiger partial charge in [-0.25, -0.2) is 10.9 Å². The summed E-state index contributed by atoms with van der Waals surface area (Å²) in [5.41, 5.74) is 6.90. The van der Waals surface area contributed by atoms with Gasteiger partial charge in [0.25, 0.3) is 0 Å². The van der Waals surface area contributed by atoms with Crippen molar-refractivity contribution >= 4 is 23.2 Å². The van der Waals surface area contributed by atoms with E-state index in [0.717, 1.165) is 37.1 Å². The second kappa shape index (κ2) is 6.63. The van der Waals surface area contributed by atoms with Crippen molar-refractivity contribution in [3.05, 3.63) is 0 Å². The average molecular weight is 278 g/mol. The molecule has 0 atom stereocenters. The first-order valence-corrected chi connectivity index (χ1v) is 7.22. The van der Waals surface area contributed by atoms with Crippen LogP contribution < -0.4 is 10.9 Å². The highest BCUT2D eigenvalue weighted by molar-refractivity contribution is 5.90. The Bertz CT molecular complexity index is 406. The number of carbonyl (C=O) groups is 2. The van der Waals surface area contributed by atoms with Crippen LogP contribution in [0.25, 0.3) is 0 Å². The normalized spacial score (nSPS) is 19.7. The predicted molar refractivity (Wildman–Crippen MR) is 77.2 cm³/mol. The van der Waals surface area contributed by atoms with Crippen molar-refractivity contribution in [1.29, 1.82) is 0 Å². The standard InChI is InChI=1S/C14H22N4O2/c1-9(11-3-4-11)15-17-13(19)7-8-14(20)18-16-10(2)12-5-6-12/h11-12H,3-8H2,1-2H3,(H,17,19)(H,18,20). The number of nitrogens with one attached hydrogen (secondary N) is 2. The first kappa shape index (κ1) is 14.7. The van der Waals surface area contributed by atoms with E-state index in [1.54, 1.807) is 0 Å². The molecule has 0 radical (unpaired) electrons. The highest BCUT2D eigenvalue weighted by Crippen LogP contribution is 2.30. The third-order valence-electron chi connectivity index (χ3n) is 3.63. The third kappa shape index (κ3) is 5.11. The lowest BCUT2D eigenvalue weighted by atomic mass is 10.3. The number of nitrogens with zero attached hydrogens (tertiary/aromatic N) is 2. The van der Waals surface area contributed by atoms with Crippen LogP contribution in [0.5, 0.6) is 0 Å². The van der Waals surface area contributed by atoms with Gasteiger partial charge in [-0.3, -0.25) is 9.59 Å². The molecule has 0 bridgehead atoms. The van der Waals surface area contributed by atoms with Crippen molar-refractivity contribution in [2.75, 3.05) is 0 Å². The SMILES string of the molecule is CC(=NNC(=O)CCC(=O)NN=C(C)C1CC1)C1CC1. The fourth-order valence-electron chi connectivity index (χ4n) is 1.82. The Kier molecular flexibility index (Phi) is 4.87. The third-order valence-corrected chi connectivity index (χ3v) is 3.63. The van der Waals surface area contributed by atoms with Gasteiger partial charge in [-0.1, -0.05) is 0 Å². The number of hydrazone groups is 2. The molecule has 0 aromatic heterocycles. The van der Waals surface area contributed by atoms with E-state index in [2.05, 4.69) is 21.1 Å². The van der Waals surface area contributed by atoms with Gasteiger partial charge in [0.05, 0.1) is 0 Å². The maximum atomic E-state index is 11.5. The van der Waals surface area contributed by atoms with Crippen molar-refractivity contribution in [1.82, 2.24) is 10.9 Å². The Balaban J connectivity index is 1.61. The Labute approximate surface area is 119 Å². The summed E-state index contributed by atoms with van der Waals surface area (Å²) in [7, 11) is 0. The fraction of sp³-hybridized carbons (Fsp3) is 0.714. The number of amides is 2. The summed E-state index contributed by atoms with van der Waals surface area (Å²) in [5, 5.41) is 8.06. The van der Waals surface area contributed by atoms with Gasteiger partial charge in [-0.2, -0.15) is 10.2 Å². The molecule has 0 aromatic rings. The predicted octanol–water partition coefficient (Wildman–Crippen LogP) is 1.57. The summed E-state index contributed by atoms with van der Waals surface area (Å²) in [5.74, 6) is 0.614. The quantitative estimate of drug-likeness (QED) is 0.547. The number of hydrogen-bond donors (Lipinski definition) is 2. The van der Waals surface area contributed by atoms with E-state index in [-0.39, 0.29) is 24.7 Å². The summed E-state index contributed by atoms with van der Waals surface area (Å²) in [4.78, 5) is 23.0. The fourth-order valence-corrected chi connectivity index (χ4v) is 1.82. The van der Waals surface area contributed by atoms with E-state index in [0.29, 0.717) is 11.8 Å². The van der Waals surface area contributed by atoms with Crippen molar-refractivity contribution in [3.63, 3.8) is 0 Å². The van der Waals surface area contributed by atoms with Gasteiger partial charge in [0, 0.05) is 24.3 Å². The van der Waals surface area contributed by atoms with E-state index < -0.39 is 0 Å². The zero-order chi connectivity index (χ0) is 14.5. The molecule has 0 aromatic carbocycles. The molecule has 2 amide bonds. The Hall–Kier alpha value is -1.72. The lowest BCUT2D eigenvalue weighted by Gasteiger charge is -2.02. The van der Waals surface area contributed by atoms with Gasteiger partial charge in [0.1, 0.15) is 0 Å². The minimum Gasteiger partial charge on any atom is -0.273 e. The monoisotopic (exact) mass is 278 g/mol. The van der Waals surface area contributed by atoms with Crippen LogP contribution in [0, 0.1) is 11.8 Å². The second-order valence-electron chi connectivity index (χ2n) is 5.62. The molecule has 20 heavy (non-hydrogen) atoms. The van der Waals surface area contributed by atoms with Crippen LogP contribution in [-0.4, -0.2) is 23.2 Å². The maximum Gasteiger partial charge on any atom is 0.240 e. The molecule has 2 aliphatic rings. The van der Waals surface area contributed by atoms with E-state index in [1.807, 2.05) is 13.8 Å². The minimum atomic E-state index is -0.233. The van der Waals surface area contributed by atoms with E-state index in [9.17, 15) is 9.59 Å².